The molecule has 0 N–H and O–H groups in total. The van der Waals surface area contributed by atoms with Gasteiger partial charge in [-0.15, -0.1) is 5.10 Å². The van der Waals surface area contributed by atoms with Crippen LogP contribution < -0.4 is 0 Å². The van der Waals surface area contributed by atoms with E-state index in [9.17, 15) is 4.39 Å². The molecule has 1 aromatic heterocycles. The van der Waals surface area contributed by atoms with Crippen molar-refractivity contribution in [1.29, 1.82) is 0 Å². The van der Waals surface area contributed by atoms with Crippen molar-refractivity contribution < 1.29 is 4.39 Å². The van der Waals surface area contributed by atoms with Crippen LogP contribution in [0.2, 0.25) is 5.02 Å². The number of halogens is 2. The SMILES string of the molecule is Cc1c(CF)nnn1-c1cccc(Cl)c1. The summed E-state index contributed by atoms with van der Waals surface area (Å²) in [5.74, 6) is 0. The zero-order chi connectivity index (χ0) is 10.8. The molecule has 0 amide bonds. The van der Waals surface area contributed by atoms with Gasteiger partial charge in [-0.05, 0) is 25.1 Å². The molecule has 0 spiro atoms. The van der Waals surface area contributed by atoms with Crippen molar-refractivity contribution in [2.45, 2.75) is 13.6 Å². The molecule has 78 valence electrons. The lowest BCUT2D eigenvalue weighted by Crippen LogP contribution is -1.99. The minimum absolute atomic E-state index is 0.356. The summed E-state index contributed by atoms with van der Waals surface area (Å²) in [5, 5.41) is 8.22. The Morgan fingerprint density at radius 3 is 2.87 bits per heavy atom. The minimum atomic E-state index is -0.605. The Labute approximate surface area is 91.5 Å². The second kappa shape index (κ2) is 3.98. The van der Waals surface area contributed by atoms with Crippen molar-refractivity contribution in [3.63, 3.8) is 0 Å². The first-order valence-electron chi connectivity index (χ1n) is 4.45. The van der Waals surface area contributed by atoms with Gasteiger partial charge in [0, 0.05) is 5.02 Å². The van der Waals surface area contributed by atoms with Crippen LogP contribution in [0.25, 0.3) is 5.69 Å². The summed E-state index contributed by atoms with van der Waals surface area (Å²) >= 11 is 5.85. The Morgan fingerprint density at radius 1 is 1.47 bits per heavy atom. The van der Waals surface area contributed by atoms with E-state index < -0.39 is 6.67 Å². The summed E-state index contributed by atoms with van der Waals surface area (Å²) in [6.07, 6.45) is 0. The first kappa shape index (κ1) is 10.1. The molecule has 2 rings (SSSR count). The molecule has 2 aromatic rings. The van der Waals surface area contributed by atoms with Crippen molar-refractivity contribution in [3.05, 3.63) is 40.7 Å². The normalized spacial score (nSPS) is 10.6. The van der Waals surface area contributed by atoms with Gasteiger partial charge in [-0.3, -0.25) is 0 Å². The van der Waals surface area contributed by atoms with E-state index in [0.717, 1.165) is 5.69 Å². The molecule has 0 saturated carbocycles. The molecular weight excluding hydrogens is 217 g/mol. The number of hydrogen-bond donors (Lipinski definition) is 0. The maximum atomic E-state index is 12.5. The van der Waals surface area contributed by atoms with E-state index in [0.29, 0.717) is 16.4 Å². The van der Waals surface area contributed by atoms with E-state index in [4.69, 9.17) is 11.6 Å². The number of aromatic nitrogens is 3. The van der Waals surface area contributed by atoms with Crippen LogP contribution in [0.15, 0.2) is 24.3 Å². The zero-order valence-corrected chi connectivity index (χ0v) is 8.87. The van der Waals surface area contributed by atoms with Crippen molar-refractivity contribution in [1.82, 2.24) is 15.0 Å². The highest BCUT2D eigenvalue weighted by atomic mass is 35.5. The number of hydrogen-bond acceptors (Lipinski definition) is 2. The second-order valence-corrected chi connectivity index (χ2v) is 3.58. The predicted octanol–water partition coefficient (Wildman–Crippen LogP) is 2.70. The molecule has 3 nitrogen and oxygen atoms in total. The van der Waals surface area contributed by atoms with Crippen molar-refractivity contribution in [2.75, 3.05) is 0 Å². The van der Waals surface area contributed by atoms with Gasteiger partial charge < -0.3 is 0 Å². The minimum Gasteiger partial charge on any atom is -0.244 e. The van der Waals surface area contributed by atoms with Gasteiger partial charge in [0.05, 0.1) is 11.4 Å². The zero-order valence-electron chi connectivity index (χ0n) is 8.11. The number of rotatable bonds is 2. The van der Waals surface area contributed by atoms with Crippen molar-refractivity contribution in [2.24, 2.45) is 0 Å². The maximum absolute atomic E-state index is 12.5. The van der Waals surface area contributed by atoms with Crippen LogP contribution in [0.3, 0.4) is 0 Å². The van der Waals surface area contributed by atoms with Crippen molar-refractivity contribution in [3.8, 4) is 5.69 Å². The highest BCUT2D eigenvalue weighted by Gasteiger charge is 2.09. The van der Waals surface area contributed by atoms with Gasteiger partial charge in [0.25, 0.3) is 0 Å². The first-order chi connectivity index (χ1) is 7.22. The van der Waals surface area contributed by atoms with E-state index in [1.165, 1.54) is 0 Å². The Kier molecular flexibility index (Phi) is 2.68. The molecule has 5 heteroatoms. The third kappa shape index (κ3) is 1.85. The average Bonchev–Trinajstić information content (AvgIpc) is 2.59. The smallest absolute Gasteiger partial charge is 0.135 e. The van der Waals surface area contributed by atoms with Crippen LogP contribution in [0.5, 0.6) is 0 Å². The summed E-state index contributed by atoms with van der Waals surface area (Å²) < 4.78 is 14.0. The van der Waals surface area contributed by atoms with Crippen LogP contribution in [-0.2, 0) is 6.67 Å². The Hall–Kier alpha value is -1.42. The van der Waals surface area contributed by atoms with Crippen LogP contribution in [0.1, 0.15) is 11.4 Å². The first-order valence-corrected chi connectivity index (χ1v) is 4.83. The number of benzene rings is 1. The molecule has 0 radical (unpaired) electrons. The maximum Gasteiger partial charge on any atom is 0.135 e. The van der Waals surface area contributed by atoms with Crippen LogP contribution >= 0.6 is 11.6 Å². The summed E-state index contributed by atoms with van der Waals surface area (Å²) in [5.41, 5.74) is 1.84. The second-order valence-electron chi connectivity index (χ2n) is 3.15. The summed E-state index contributed by atoms with van der Waals surface area (Å²) in [6, 6.07) is 7.18. The summed E-state index contributed by atoms with van der Waals surface area (Å²) in [7, 11) is 0. The number of nitrogens with zero attached hydrogens (tertiary/aromatic N) is 3. The largest absolute Gasteiger partial charge is 0.244 e. The highest BCUT2D eigenvalue weighted by Crippen LogP contribution is 2.16. The third-order valence-electron chi connectivity index (χ3n) is 2.17. The lowest BCUT2D eigenvalue weighted by molar-refractivity contribution is 0.474. The molecule has 15 heavy (non-hydrogen) atoms. The van der Waals surface area contributed by atoms with E-state index in [1.807, 2.05) is 12.1 Å². The average molecular weight is 226 g/mol. The molecule has 0 aliphatic carbocycles. The standard InChI is InChI=1S/C10H9ClFN3/c1-7-10(6-12)13-14-15(7)9-4-2-3-8(11)5-9/h2-5H,6H2,1H3. The molecule has 1 heterocycles. The summed E-state index contributed by atoms with van der Waals surface area (Å²) in [4.78, 5) is 0. The van der Waals surface area contributed by atoms with Crippen LogP contribution in [0.4, 0.5) is 4.39 Å². The Bertz CT molecular complexity index is 481. The highest BCUT2D eigenvalue weighted by molar-refractivity contribution is 6.30. The molecule has 0 bridgehead atoms. The fourth-order valence-corrected chi connectivity index (χ4v) is 1.52. The van der Waals surface area contributed by atoms with Gasteiger partial charge in [0.15, 0.2) is 0 Å². The molecule has 0 unspecified atom stereocenters. The molecule has 1 aromatic carbocycles. The van der Waals surface area contributed by atoms with Gasteiger partial charge in [-0.1, -0.05) is 22.9 Å². The molecule has 0 atom stereocenters. The monoisotopic (exact) mass is 225 g/mol. The van der Waals surface area contributed by atoms with Gasteiger partial charge in [-0.25, -0.2) is 9.07 Å². The van der Waals surface area contributed by atoms with E-state index >= 15 is 0 Å². The molecule has 0 fully saturated rings. The van der Waals surface area contributed by atoms with Crippen LogP contribution in [0, 0.1) is 6.92 Å². The Balaban J connectivity index is 2.49. The van der Waals surface area contributed by atoms with Crippen LogP contribution in [-0.4, -0.2) is 15.0 Å². The lowest BCUT2D eigenvalue weighted by atomic mass is 10.3. The summed E-state index contributed by atoms with van der Waals surface area (Å²) in [6.45, 7) is 1.17. The van der Waals surface area contributed by atoms with Gasteiger partial charge in [-0.2, -0.15) is 0 Å². The Morgan fingerprint density at radius 2 is 2.27 bits per heavy atom. The molecule has 0 aliphatic heterocycles. The topological polar surface area (TPSA) is 30.7 Å². The van der Waals surface area contributed by atoms with Crippen molar-refractivity contribution >= 4 is 11.6 Å². The number of alkyl halides is 1. The lowest BCUT2D eigenvalue weighted by Gasteiger charge is -2.02. The van der Waals surface area contributed by atoms with E-state index in [2.05, 4.69) is 10.3 Å². The third-order valence-corrected chi connectivity index (χ3v) is 2.40. The predicted molar refractivity (Wildman–Crippen MR) is 55.9 cm³/mol. The van der Waals surface area contributed by atoms with Gasteiger partial charge >= 0.3 is 0 Å². The van der Waals surface area contributed by atoms with E-state index in [1.54, 1.807) is 23.7 Å². The van der Waals surface area contributed by atoms with Gasteiger partial charge in [0.1, 0.15) is 12.4 Å². The fraction of sp³-hybridized carbons (Fsp3) is 0.200. The molecule has 0 saturated heterocycles. The van der Waals surface area contributed by atoms with E-state index in [-0.39, 0.29) is 0 Å². The molecular formula is C10H9ClFN3. The molecule has 0 aliphatic rings. The quantitative estimate of drug-likeness (QED) is 0.787. The van der Waals surface area contributed by atoms with Gasteiger partial charge in [0.2, 0.25) is 0 Å². The fourth-order valence-electron chi connectivity index (χ4n) is 1.34.